The molecule has 0 atom stereocenters. The average Bonchev–Trinajstić information content (AvgIpc) is 2.62. The Morgan fingerprint density at radius 1 is 1.23 bits per heavy atom. The maximum atomic E-state index is 12.0. The second-order valence-corrected chi connectivity index (χ2v) is 5.37. The van der Waals surface area contributed by atoms with E-state index in [2.05, 4.69) is 10.5 Å². The Bertz CT molecular complexity index is 849. The van der Waals surface area contributed by atoms with Gasteiger partial charge in [0.2, 0.25) is 5.91 Å². The molecular weight excluding hydrogens is 338 g/mol. The third-order valence-corrected chi connectivity index (χ3v) is 3.74. The number of nitro benzene ring substituents is 1. The summed E-state index contributed by atoms with van der Waals surface area (Å²) in [6, 6.07) is 9.62. The molecule has 136 valence electrons. The van der Waals surface area contributed by atoms with Crippen LogP contribution < -0.4 is 14.9 Å². The molecule has 0 aliphatic heterocycles. The second-order valence-electron chi connectivity index (χ2n) is 5.37. The first-order valence-corrected chi connectivity index (χ1v) is 7.73. The van der Waals surface area contributed by atoms with Crippen molar-refractivity contribution in [1.29, 1.82) is 0 Å². The van der Waals surface area contributed by atoms with Crippen molar-refractivity contribution in [1.82, 2.24) is 5.43 Å². The third kappa shape index (κ3) is 4.35. The Morgan fingerprint density at radius 2 is 1.96 bits per heavy atom. The van der Waals surface area contributed by atoms with E-state index in [4.69, 9.17) is 9.47 Å². The molecule has 2 aromatic rings. The summed E-state index contributed by atoms with van der Waals surface area (Å²) in [4.78, 5) is 22.5. The van der Waals surface area contributed by atoms with Gasteiger partial charge >= 0.3 is 0 Å². The zero-order valence-electron chi connectivity index (χ0n) is 14.7. The fourth-order valence-corrected chi connectivity index (χ4v) is 2.51. The predicted octanol–water partition coefficient (Wildman–Crippen LogP) is 2.61. The fourth-order valence-electron chi connectivity index (χ4n) is 2.51. The van der Waals surface area contributed by atoms with Crippen molar-refractivity contribution in [2.24, 2.45) is 5.10 Å². The van der Waals surface area contributed by atoms with Gasteiger partial charge in [-0.05, 0) is 19.1 Å². The minimum atomic E-state index is -0.517. The Kier molecular flexibility index (Phi) is 6.26. The molecule has 1 N–H and O–H groups in total. The molecule has 0 saturated carbocycles. The second kappa shape index (κ2) is 8.61. The molecule has 0 saturated heterocycles. The zero-order chi connectivity index (χ0) is 19.1. The normalized spacial score (nSPS) is 10.6. The van der Waals surface area contributed by atoms with E-state index >= 15 is 0 Å². The number of nitrogens with one attached hydrogen (secondary N) is 1. The molecule has 0 fully saturated rings. The Balaban J connectivity index is 2.08. The van der Waals surface area contributed by atoms with E-state index in [1.54, 1.807) is 31.4 Å². The van der Waals surface area contributed by atoms with Crippen LogP contribution in [0.1, 0.15) is 16.7 Å². The maximum Gasteiger partial charge on any atom is 0.273 e. The van der Waals surface area contributed by atoms with Crippen LogP contribution >= 0.6 is 0 Å². The SMILES string of the molecule is COc1ccc(/C=N/NC(=O)Cc2ccccc2[N+](=O)[O-])c(OC)c1C. The first-order chi connectivity index (χ1) is 12.5. The molecule has 8 nitrogen and oxygen atoms in total. The minimum Gasteiger partial charge on any atom is -0.496 e. The Labute approximate surface area is 150 Å². The first kappa shape index (κ1) is 18.9. The Morgan fingerprint density at radius 3 is 2.62 bits per heavy atom. The molecule has 0 aliphatic carbocycles. The highest BCUT2D eigenvalue weighted by atomic mass is 16.6. The number of methoxy groups -OCH3 is 2. The number of ether oxygens (including phenoxy) is 2. The van der Waals surface area contributed by atoms with Crippen molar-refractivity contribution in [2.45, 2.75) is 13.3 Å². The average molecular weight is 357 g/mol. The summed E-state index contributed by atoms with van der Waals surface area (Å²) in [6.07, 6.45) is 1.30. The van der Waals surface area contributed by atoms with E-state index in [9.17, 15) is 14.9 Å². The number of carbonyl (C=O) groups excluding carboxylic acids is 1. The minimum absolute atomic E-state index is 0.0981. The Hall–Kier alpha value is -3.42. The largest absolute Gasteiger partial charge is 0.496 e. The summed E-state index contributed by atoms with van der Waals surface area (Å²) < 4.78 is 10.6. The van der Waals surface area contributed by atoms with Crippen molar-refractivity contribution < 1.29 is 19.2 Å². The number of nitro groups is 1. The number of benzene rings is 2. The molecule has 2 rings (SSSR count). The lowest BCUT2D eigenvalue weighted by Crippen LogP contribution is -2.20. The number of hydrogen-bond acceptors (Lipinski definition) is 6. The van der Waals surface area contributed by atoms with E-state index < -0.39 is 10.8 Å². The van der Waals surface area contributed by atoms with Crippen LogP contribution in [-0.2, 0) is 11.2 Å². The van der Waals surface area contributed by atoms with Crippen molar-refractivity contribution in [3.8, 4) is 11.5 Å². The van der Waals surface area contributed by atoms with E-state index in [1.165, 1.54) is 25.5 Å². The summed E-state index contributed by atoms with van der Waals surface area (Å²) in [5, 5.41) is 14.9. The topological polar surface area (TPSA) is 103 Å². The number of hydrogen-bond donors (Lipinski definition) is 1. The number of para-hydroxylation sites is 1. The summed E-state index contributed by atoms with van der Waals surface area (Å²) in [6.45, 7) is 1.85. The lowest BCUT2D eigenvalue weighted by atomic mass is 10.1. The summed E-state index contributed by atoms with van der Waals surface area (Å²) in [5.41, 5.74) is 4.06. The van der Waals surface area contributed by atoms with E-state index in [-0.39, 0.29) is 12.1 Å². The van der Waals surface area contributed by atoms with Crippen LogP contribution in [0.4, 0.5) is 5.69 Å². The van der Waals surface area contributed by atoms with Crippen LogP contribution in [0.3, 0.4) is 0 Å². The van der Waals surface area contributed by atoms with E-state index in [0.29, 0.717) is 22.6 Å². The van der Waals surface area contributed by atoms with E-state index in [0.717, 1.165) is 5.56 Å². The highest BCUT2D eigenvalue weighted by Crippen LogP contribution is 2.30. The zero-order valence-corrected chi connectivity index (χ0v) is 14.7. The van der Waals surface area contributed by atoms with Gasteiger partial charge in [0.25, 0.3) is 5.69 Å². The van der Waals surface area contributed by atoms with Crippen molar-refractivity contribution >= 4 is 17.8 Å². The molecule has 0 aliphatic rings. The molecule has 0 spiro atoms. The van der Waals surface area contributed by atoms with Crippen molar-refractivity contribution in [2.75, 3.05) is 14.2 Å². The van der Waals surface area contributed by atoms with Gasteiger partial charge in [-0.2, -0.15) is 5.10 Å². The fraction of sp³-hybridized carbons (Fsp3) is 0.222. The molecule has 1 amide bonds. The number of rotatable bonds is 7. The standard InChI is InChI=1S/C18H19N3O5/c1-12-16(25-2)9-8-14(18(12)26-3)11-19-20-17(22)10-13-6-4-5-7-15(13)21(23)24/h4-9,11H,10H2,1-3H3,(H,20,22)/b19-11+. The molecule has 2 aromatic carbocycles. The quantitative estimate of drug-likeness (QED) is 0.466. The van der Waals surface area contributed by atoms with Gasteiger partial charge in [0.15, 0.2) is 0 Å². The summed E-state index contributed by atoms with van der Waals surface area (Å²) in [7, 11) is 3.10. The molecule has 0 aromatic heterocycles. The van der Waals surface area contributed by atoms with Gasteiger partial charge in [-0.15, -0.1) is 0 Å². The highest BCUT2D eigenvalue weighted by molar-refractivity contribution is 5.87. The predicted molar refractivity (Wildman–Crippen MR) is 96.8 cm³/mol. The molecule has 26 heavy (non-hydrogen) atoms. The number of carbonyl (C=O) groups is 1. The summed E-state index contributed by atoms with van der Waals surface area (Å²) in [5.74, 6) is 0.806. The van der Waals surface area contributed by atoms with Crippen LogP contribution in [-0.4, -0.2) is 31.3 Å². The number of amides is 1. The summed E-state index contributed by atoms with van der Waals surface area (Å²) >= 11 is 0. The molecule has 0 unspecified atom stereocenters. The van der Waals surface area contributed by atoms with Gasteiger partial charge in [-0.3, -0.25) is 14.9 Å². The van der Waals surface area contributed by atoms with Crippen LogP contribution in [0.25, 0.3) is 0 Å². The molecule has 0 bridgehead atoms. The van der Waals surface area contributed by atoms with Crippen molar-refractivity contribution in [3.05, 3.63) is 63.2 Å². The van der Waals surface area contributed by atoms with Crippen LogP contribution in [0.2, 0.25) is 0 Å². The van der Waals surface area contributed by atoms with Gasteiger partial charge in [-0.25, -0.2) is 5.43 Å². The number of nitrogens with zero attached hydrogens (tertiary/aromatic N) is 2. The van der Waals surface area contributed by atoms with Crippen LogP contribution in [0.5, 0.6) is 11.5 Å². The van der Waals surface area contributed by atoms with Gasteiger partial charge in [0.1, 0.15) is 11.5 Å². The smallest absolute Gasteiger partial charge is 0.273 e. The van der Waals surface area contributed by atoms with Gasteiger partial charge in [0.05, 0.1) is 31.8 Å². The molecule has 0 radical (unpaired) electrons. The lowest BCUT2D eigenvalue weighted by molar-refractivity contribution is -0.385. The van der Waals surface area contributed by atoms with Gasteiger partial charge < -0.3 is 9.47 Å². The van der Waals surface area contributed by atoms with E-state index in [1.807, 2.05) is 6.92 Å². The molecular formula is C18H19N3O5. The third-order valence-electron chi connectivity index (χ3n) is 3.74. The van der Waals surface area contributed by atoms with Gasteiger partial charge in [-0.1, -0.05) is 18.2 Å². The van der Waals surface area contributed by atoms with Crippen LogP contribution in [0.15, 0.2) is 41.5 Å². The van der Waals surface area contributed by atoms with Crippen molar-refractivity contribution in [3.63, 3.8) is 0 Å². The number of hydrazone groups is 1. The highest BCUT2D eigenvalue weighted by Gasteiger charge is 2.15. The van der Waals surface area contributed by atoms with Gasteiger partial charge in [0, 0.05) is 22.8 Å². The molecule has 0 heterocycles. The molecule has 8 heteroatoms. The van der Waals surface area contributed by atoms with Crippen LogP contribution in [0, 0.1) is 17.0 Å². The first-order valence-electron chi connectivity index (χ1n) is 7.73. The maximum absolute atomic E-state index is 12.0. The lowest BCUT2D eigenvalue weighted by Gasteiger charge is -2.11. The monoisotopic (exact) mass is 357 g/mol.